The monoisotopic (exact) mass is 240 g/mol. The van der Waals surface area contributed by atoms with Crippen LogP contribution in [0.25, 0.3) is 0 Å². The van der Waals surface area contributed by atoms with E-state index in [1.54, 1.807) is 12.1 Å². The number of nitrogens with two attached hydrogens (primary N) is 1. The normalized spacial score (nSPS) is 10.1. The first kappa shape index (κ1) is 12.3. The summed E-state index contributed by atoms with van der Waals surface area (Å²) >= 11 is 0. The molecule has 0 saturated heterocycles. The molecule has 0 aromatic heterocycles. The second-order valence-corrected chi connectivity index (χ2v) is 4.06. The average molecular weight is 240 g/mol. The molecule has 0 atom stereocenters. The Labute approximate surface area is 107 Å². The minimum atomic E-state index is -0.205. The zero-order valence-corrected chi connectivity index (χ0v) is 10.3. The lowest BCUT2D eigenvalue weighted by Gasteiger charge is -2.16. The maximum absolute atomic E-state index is 12.1. The van der Waals surface area contributed by atoms with Crippen molar-refractivity contribution in [2.45, 2.75) is 13.3 Å². The molecular formula is C15H16N2O. The first-order valence-electron chi connectivity index (χ1n) is 5.95. The Kier molecular flexibility index (Phi) is 3.75. The number of para-hydroxylation sites is 1. The Morgan fingerprint density at radius 1 is 1.06 bits per heavy atom. The van der Waals surface area contributed by atoms with Crippen LogP contribution in [0.3, 0.4) is 0 Å². The van der Waals surface area contributed by atoms with E-state index in [0.29, 0.717) is 11.3 Å². The van der Waals surface area contributed by atoms with Gasteiger partial charge in [-0.2, -0.15) is 0 Å². The first-order valence-corrected chi connectivity index (χ1v) is 5.95. The van der Waals surface area contributed by atoms with Crippen LogP contribution in [-0.4, -0.2) is 5.91 Å². The molecule has 0 spiro atoms. The van der Waals surface area contributed by atoms with Gasteiger partial charge in [0.1, 0.15) is 0 Å². The summed E-state index contributed by atoms with van der Waals surface area (Å²) in [5, 5.41) is 1.17. The zero-order chi connectivity index (χ0) is 13.0. The van der Waals surface area contributed by atoms with Crippen LogP contribution in [0.4, 0.5) is 5.69 Å². The number of hydrogen-bond acceptors (Lipinski definition) is 2. The first-order chi connectivity index (χ1) is 8.72. The van der Waals surface area contributed by atoms with Gasteiger partial charge >= 0.3 is 0 Å². The third-order valence-corrected chi connectivity index (χ3v) is 2.86. The molecule has 0 heterocycles. The maximum atomic E-state index is 12.1. The van der Waals surface area contributed by atoms with Crippen molar-refractivity contribution in [3.63, 3.8) is 0 Å². The molecule has 1 amide bonds. The second-order valence-electron chi connectivity index (χ2n) is 4.06. The van der Waals surface area contributed by atoms with E-state index in [1.165, 1.54) is 10.6 Å². The molecule has 2 N–H and O–H groups in total. The van der Waals surface area contributed by atoms with E-state index in [2.05, 4.69) is 6.92 Å². The molecule has 0 unspecified atom stereocenters. The molecule has 0 aliphatic carbocycles. The van der Waals surface area contributed by atoms with Crippen LogP contribution in [-0.2, 0) is 6.42 Å². The highest BCUT2D eigenvalue weighted by atomic mass is 16.2. The van der Waals surface area contributed by atoms with E-state index in [0.717, 1.165) is 6.42 Å². The quantitative estimate of drug-likeness (QED) is 0.509. The van der Waals surface area contributed by atoms with Crippen LogP contribution < -0.4 is 10.9 Å². The van der Waals surface area contributed by atoms with Gasteiger partial charge in [0.2, 0.25) is 0 Å². The molecule has 2 aromatic carbocycles. The summed E-state index contributed by atoms with van der Waals surface area (Å²) in [5.74, 6) is 5.62. The van der Waals surface area contributed by atoms with Gasteiger partial charge in [-0.1, -0.05) is 37.3 Å². The van der Waals surface area contributed by atoms with Crippen molar-refractivity contribution in [3.8, 4) is 0 Å². The molecule has 0 aliphatic rings. The molecule has 0 saturated carbocycles. The van der Waals surface area contributed by atoms with Gasteiger partial charge in [-0.3, -0.25) is 4.79 Å². The van der Waals surface area contributed by atoms with E-state index >= 15 is 0 Å². The van der Waals surface area contributed by atoms with E-state index in [4.69, 9.17) is 5.84 Å². The molecule has 2 aromatic rings. The Morgan fingerprint density at radius 3 is 2.22 bits per heavy atom. The number of aryl methyl sites for hydroxylation is 1. The summed E-state index contributed by atoms with van der Waals surface area (Å²) in [5.41, 5.74) is 2.48. The molecule has 0 bridgehead atoms. The van der Waals surface area contributed by atoms with Crippen LogP contribution in [0.2, 0.25) is 0 Å². The van der Waals surface area contributed by atoms with Gasteiger partial charge in [0.25, 0.3) is 5.91 Å². The van der Waals surface area contributed by atoms with Crippen LogP contribution >= 0.6 is 0 Å². The SMILES string of the molecule is CCc1ccc(C(=O)N(N)c2ccccc2)cc1. The summed E-state index contributed by atoms with van der Waals surface area (Å²) in [7, 11) is 0. The van der Waals surface area contributed by atoms with E-state index < -0.39 is 0 Å². The Balaban J connectivity index is 2.20. The number of hydrazine groups is 1. The van der Waals surface area contributed by atoms with Crippen LogP contribution in [0.1, 0.15) is 22.8 Å². The van der Waals surface area contributed by atoms with Crippen molar-refractivity contribution >= 4 is 11.6 Å². The van der Waals surface area contributed by atoms with Crippen molar-refractivity contribution < 1.29 is 4.79 Å². The van der Waals surface area contributed by atoms with E-state index in [9.17, 15) is 4.79 Å². The van der Waals surface area contributed by atoms with Crippen LogP contribution in [0, 0.1) is 0 Å². The number of hydrogen-bond donors (Lipinski definition) is 1. The maximum Gasteiger partial charge on any atom is 0.272 e. The van der Waals surface area contributed by atoms with Crippen molar-refractivity contribution in [2.75, 3.05) is 5.01 Å². The lowest BCUT2D eigenvalue weighted by molar-refractivity contribution is 0.0987. The van der Waals surface area contributed by atoms with Gasteiger partial charge in [-0.25, -0.2) is 10.9 Å². The molecule has 0 fully saturated rings. The summed E-state index contributed by atoms with van der Waals surface area (Å²) in [4.78, 5) is 12.1. The average Bonchev–Trinajstić information content (AvgIpc) is 2.47. The summed E-state index contributed by atoms with van der Waals surface area (Å²) in [6, 6.07) is 16.7. The largest absolute Gasteiger partial charge is 0.272 e. The highest BCUT2D eigenvalue weighted by Gasteiger charge is 2.13. The topological polar surface area (TPSA) is 46.3 Å². The molecule has 3 heteroatoms. The predicted octanol–water partition coefficient (Wildman–Crippen LogP) is 2.77. The second kappa shape index (κ2) is 5.47. The Bertz CT molecular complexity index is 520. The van der Waals surface area contributed by atoms with E-state index in [1.807, 2.05) is 42.5 Å². The zero-order valence-electron chi connectivity index (χ0n) is 10.3. The van der Waals surface area contributed by atoms with Crippen LogP contribution in [0.5, 0.6) is 0 Å². The molecule has 92 valence electrons. The fourth-order valence-corrected chi connectivity index (χ4v) is 1.73. The number of nitrogens with zero attached hydrogens (tertiary/aromatic N) is 1. The van der Waals surface area contributed by atoms with Crippen molar-refractivity contribution in [3.05, 3.63) is 65.7 Å². The number of carbonyl (C=O) groups is 1. The smallest absolute Gasteiger partial charge is 0.267 e. The van der Waals surface area contributed by atoms with Gasteiger partial charge in [0.15, 0.2) is 0 Å². The number of rotatable bonds is 3. The number of carbonyl (C=O) groups excluding carboxylic acids is 1. The molecular weight excluding hydrogens is 224 g/mol. The van der Waals surface area contributed by atoms with Gasteiger partial charge in [0.05, 0.1) is 5.69 Å². The van der Waals surface area contributed by atoms with Gasteiger partial charge in [-0.15, -0.1) is 0 Å². The number of amides is 1. The van der Waals surface area contributed by atoms with E-state index in [-0.39, 0.29) is 5.91 Å². The van der Waals surface area contributed by atoms with Gasteiger partial charge < -0.3 is 0 Å². The molecule has 18 heavy (non-hydrogen) atoms. The van der Waals surface area contributed by atoms with Gasteiger partial charge in [-0.05, 0) is 36.2 Å². The lowest BCUT2D eigenvalue weighted by atomic mass is 10.1. The van der Waals surface area contributed by atoms with Crippen LogP contribution in [0.15, 0.2) is 54.6 Å². The number of benzene rings is 2. The van der Waals surface area contributed by atoms with Crippen molar-refractivity contribution in [2.24, 2.45) is 5.84 Å². The highest BCUT2D eigenvalue weighted by Crippen LogP contribution is 2.13. The molecule has 2 rings (SSSR count). The summed E-state index contributed by atoms with van der Waals surface area (Å²) < 4.78 is 0. The third kappa shape index (κ3) is 2.57. The minimum Gasteiger partial charge on any atom is -0.267 e. The van der Waals surface area contributed by atoms with Crippen molar-refractivity contribution in [1.82, 2.24) is 0 Å². The summed E-state index contributed by atoms with van der Waals surface area (Å²) in [6.07, 6.45) is 0.958. The Morgan fingerprint density at radius 2 is 1.67 bits per heavy atom. The molecule has 0 aliphatic heterocycles. The standard InChI is InChI=1S/C15H16N2O/c1-2-12-8-10-13(11-9-12)15(18)17(16)14-6-4-3-5-7-14/h3-11H,2,16H2,1H3. The number of anilines is 1. The van der Waals surface area contributed by atoms with Gasteiger partial charge in [0, 0.05) is 5.56 Å². The summed E-state index contributed by atoms with van der Waals surface area (Å²) in [6.45, 7) is 2.08. The fourth-order valence-electron chi connectivity index (χ4n) is 1.73. The minimum absolute atomic E-state index is 0.205. The third-order valence-electron chi connectivity index (χ3n) is 2.86. The fraction of sp³-hybridized carbons (Fsp3) is 0.133. The van der Waals surface area contributed by atoms with Crippen molar-refractivity contribution in [1.29, 1.82) is 0 Å². The predicted molar refractivity (Wildman–Crippen MR) is 73.3 cm³/mol. The molecule has 0 radical (unpaired) electrons. The Hall–Kier alpha value is -2.13. The highest BCUT2D eigenvalue weighted by molar-refractivity contribution is 6.05. The molecule has 3 nitrogen and oxygen atoms in total. The lowest BCUT2D eigenvalue weighted by Crippen LogP contribution is -2.37.